The van der Waals surface area contributed by atoms with Crippen molar-refractivity contribution in [2.45, 2.75) is 36.8 Å². The molecule has 0 bridgehead atoms. The van der Waals surface area contributed by atoms with Gasteiger partial charge in [-0.05, 0) is 74.2 Å². The zero-order valence-corrected chi connectivity index (χ0v) is 15.7. The van der Waals surface area contributed by atoms with Crippen LogP contribution in [0.4, 0.5) is 4.39 Å². The number of hydrogen-bond acceptors (Lipinski definition) is 3. The Kier molecular flexibility index (Phi) is 5.14. The van der Waals surface area contributed by atoms with E-state index in [4.69, 9.17) is 0 Å². The summed E-state index contributed by atoms with van der Waals surface area (Å²) in [7, 11) is -3.51. The van der Waals surface area contributed by atoms with Gasteiger partial charge >= 0.3 is 0 Å². The van der Waals surface area contributed by atoms with E-state index in [1.807, 2.05) is 32.0 Å². The molecular weight excluding hydrogens is 353 g/mol. The molecule has 1 fully saturated rings. The molecule has 1 saturated heterocycles. The highest BCUT2D eigenvalue weighted by Gasteiger charge is 2.33. The molecule has 1 aliphatic heterocycles. The van der Waals surface area contributed by atoms with Crippen LogP contribution in [-0.4, -0.2) is 37.6 Å². The van der Waals surface area contributed by atoms with E-state index in [-0.39, 0.29) is 10.8 Å². The predicted molar refractivity (Wildman–Crippen MR) is 98.4 cm³/mol. The molecule has 2 aromatic carbocycles. The average Bonchev–Trinajstić information content (AvgIpc) is 2.64. The number of benzene rings is 2. The summed E-state index contributed by atoms with van der Waals surface area (Å²) in [5.74, 6) is -0.525. The second-order valence-corrected chi connectivity index (χ2v) is 9.02. The molecule has 26 heavy (non-hydrogen) atoms. The molecule has 0 N–H and O–H groups in total. The second-order valence-electron chi connectivity index (χ2n) is 6.79. The Hall–Kier alpha value is -2.21. The van der Waals surface area contributed by atoms with Gasteiger partial charge in [-0.1, -0.05) is 6.07 Å². The smallest absolute Gasteiger partial charge is 0.253 e. The van der Waals surface area contributed by atoms with E-state index in [0.29, 0.717) is 31.5 Å². The Morgan fingerprint density at radius 2 is 1.62 bits per heavy atom. The standard InChI is InChI=1S/C20H22FNO3S/c1-14-3-4-16(13-15(14)2)20(23)22-11-9-19(10-12-22)26(24,25)18-7-5-17(21)6-8-18/h3-8,13,19H,9-12H2,1-2H3. The molecule has 0 saturated carbocycles. The molecule has 0 unspecified atom stereocenters. The molecule has 0 spiro atoms. The van der Waals surface area contributed by atoms with E-state index in [1.54, 1.807) is 4.90 Å². The molecule has 1 heterocycles. The molecule has 3 rings (SSSR count). The largest absolute Gasteiger partial charge is 0.339 e. The maximum atomic E-state index is 13.0. The van der Waals surface area contributed by atoms with Crippen LogP contribution in [0, 0.1) is 19.7 Å². The number of halogens is 1. The summed E-state index contributed by atoms with van der Waals surface area (Å²) in [4.78, 5) is 14.5. The van der Waals surface area contributed by atoms with Crippen molar-refractivity contribution >= 4 is 15.7 Å². The Morgan fingerprint density at radius 3 is 2.19 bits per heavy atom. The Balaban J connectivity index is 1.69. The minimum absolute atomic E-state index is 0.0641. The molecule has 2 aromatic rings. The van der Waals surface area contributed by atoms with E-state index in [0.717, 1.165) is 23.3 Å². The lowest BCUT2D eigenvalue weighted by Gasteiger charge is -2.32. The zero-order valence-electron chi connectivity index (χ0n) is 14.9. The molecule has 6 heteroatoms. The first-order valence-electron chi connectivity index (χ1n) is 8.65. The number of aryl methyl sites for hydroxylation is 2. The first-order chi connectivity index (χ1) is 12.3. The van der Waals surface area contributed by atoms with Crippen LogP contribution in [0.3, 0.4) is 0 Å². The van der Waals surface area contributed by atoms with Crippen molar-refractivity contribution in [2.24, 2.45) is 0 Å². The quantitative estimate of drug-likeness (QED) is 0.772. The third kappa shape index (κ3) is 3.65. The minimum Gasteiger partial charge on any atom is -0.339 e. The zero-order chi connectivity index (χ0) is 18.9. The van der Waals surface area contributed by atoms with Gasteiger partial charge in [0.25, 0.3) is 5.91 Å². The Labute approximate surface area is 153 Å². The van der Waals surface area contributed by atoms with Gasteiger partial charge in [0.05, 0.1) is 10.1 Å². The summed E-state index contributed by atoms with van der Waals surface area (Å²) in [5.41, 5.74) is 2.82. The van der Waals surface area contributed by atoms with Crippen LogP contribution in [0.2, 0.25) is 0 Å². The summed E-state index contributed by atoms with van der Waals surface area (Å²) < 4.78 is 38.4. The van der Waals surface area contributed by atoms with Gasteiger partial charge in [-0.25, -0.2) is 12.8 Å². The van der Waals surface area contributed by atoms with Gasteiger partial charge in [-0.15, -0.1) is 0 Å². The van der Waals surface area contributed by atoms with E-state index in [2.05, 4.69) is 0 Å². The number of sulfone groups is 1. The van der Waals surface area contributed by atoms with Crippen molar-refractivity contribution in [1.29, 1.82) is 0 Å². The molecule has 0 aliphatic carbocycles. The molecule has 0 atom stereocenters. The number of likely N-dealkylation sites (tertiary alicyclic amines) is 1. The molecule has 4 nitrogen and oxygen atoms in total. The fraction of sp³-hybridized carbons (Fsp3) is 0.350. The number of hydrogen-bond donors (Lipinski definition) is 0. The van der Waals surface area contributed by atoms with Gasteiger partial charge in [0.15, 0.2) is 9.84 Å². The third-order valence-electron chi connectivity index (χ3n) is 5.06. The highest BCUT2D eigenvalue weighted by atomic mass is 32.2. The van der Waals surface area contributed by atoms with Crippen molar-refractivity contribution in [2.75, 3.05) is 13.1 Å². The van der Waals surface area contributed by atoms with Crippen LogP contribution in [0.1, 0.15) is 34.3 Å². The van der Waals surface area contributed by atoms with Crippen molar-refractivity contribution < 1.29 is 17.6 Å². The molecular formula is C20H22FNO3S. The predicted octanol–water partition coefficient (Wildman–Crippen LogP) is 3.52. The van der Waals surface area contributed by atoms with E-state index in [9.17, 15) is 17.6 Å². The molecule has 0 radical (unpaired) electrons. The van der Waals surface area contributed by atoms with Crippen molar-refractivity contribution in [3.8, 4) is 0 Å². The van der Waals surface area contributed by atoms with Gasteiger partial charge < -0.3 is 4.90 Å². The van der Waals surface area contributed by atoms with Crippen molar-refractivity contribution in [1.82, 2.24) is 4.90 Å². The number of amides is 1. The highest BCUT2D eigenvalue weighted by Crippen LogP contribution is 2.25. The highest BCUT2D eigenvalue weighted by molar-refractivity contribution is 7.92. The van der Waals surface area contributed by atoms with Crippen molar-refractivity contribution in [3.05, 3.63) is 65.0 Å². The maximum Gasteiger partial charge on any atom is 0.253 e. The summed E-state index contributed by atoms with van der Waals surface area (Å²) in [6, 6.07) is 10.5. The normalized spacial score (nSPS) is 15.9. The summed E-state index contributed by atoms with van der Waals surface area (Å²) in [6.45, 7) is 4.76. The number of nitrogens with zero attached hydrogens (tertiary/aromatic N) is 1. The average molecular weight is 375 g/mol. The fourth-order valence-corrected chi connectivity index (χ4v) is 4.97. The molecule has 138 valence electrons. The van der Waals surface area contributed by atoms with Crippen LogP contribution < -0.4 is 0 Å². The Morgan fingerprint density at radius 1 is 1.00 bits per heavy atom. The lowest BCUT2D eigenvalue weighted by atomic mass is 10.0. The number of carbonyl (C=O) groups is 1. The molecule has 0 aromatic heterocycles. The number of carbonyl (C=O) groups excluding carboxylic acids is 1. The SMILES string of the molecule is Cc1ccc(C(=O)N2CCC(S(=O)(=O)c3ccc(F)cc3)CC2)cc1C. The van der Waals surface area contributed by atoms with Gasteiger partial charge in [0, 0.05) is 18.7 Å². The maximum absolute atomic E-state index is 13.0. The van der Waals surface area contributed by atoms with Crippen LogP contribution >= 0.6 is 0 Å². The number of piperidine rings is 1. The van der Waals surface area contributed by atoms with Gasteiger partial charge in [-0.3, -0.25) is 4.79 Å². The topological polar surface area (TPSA) is 54.5 Å². The lowest BCUT2D eigenvalue weighted by Crippen LogP contribution is -2.42. The van der Waals surface area contributed by atoms with Gasteiger partial charge in [0.1, 0.15) is 5.82 Å². The second kappa shape index (κ2) is 7.19. The van der Waals surface area contributed by atoms with E-state index < -0.39 is 20.9 Å². The van der Waals surface area contributed by atoms with Crippen LogP contribution in [0.5, 0.6) is 0 Å². The van der Waals surface area contributed by atoms with E-state index in [1.165, 1.54) is 12.1 Å². The third-order valence-corrected chi connectivity index (χ3v) is 7.34. The molecule has 1 aliphatic rings. The van der Waals surface area contributed by atoms with Gasteiger partial charge in [-0.2, -0.15) is 0 Å². The number of rotatable bonds is 3. The van der Waals surface area contributed by atoms with Crippen LogP contribution in [0.15, 0.2) is 47.4 Å². The first-order valence-corrected chi connectivity index (χ1v) is 10.2. The van der Waals surface area contributed by atoms with Gasteiger partial charge in [0.2, 0.25) is 0 Å². The monoisotopic (exact) mass is 375 g/mol. The Bertz CT molecular complexity index is 915. The minimum atomic E-state index is -3.51. The van der Waals surface area contributed by atoms with Crippen LogP contribution in [-0.2, 0) is 9.84 Å². The first kappa shape index (κ1) is 18.6. The summed E-state index contributed by atoms with van der Waals surface area (Å²) >= 11 is 0. The lowest BCUT2D eigenvalue weighted by molar-refractivity contribution is 0.0725. The fourth-order valence-electron chi connectivity index (χ4n) is 3.24. The summed E-state index contributed by atoms with van der Waals surface area (Å²) in [6.07, 6.45) is 0.770. The molecule has 1 amide bonds. The van der Waals surface area contributed by atoms with E-state index >= 15 is 0 Å². The summed E-state index contributed by atoms with van der Waals surface area (Å²) in [5, 5.41) is -0.545. The van der Waals surface area contributed by atoms with Crippen LogP contribution in [0.25, 0.3) is 0 Å². The van der Waals surface area contributed by atoms with Crippen molar-refractivity contribution in [3.63, 3.8) is 0 Å².